The summed E-state index contributed by atoms with van der Waals surface area (Å²) in [5, 5.41) is 2.83. The molecule has 0 aromatic carbocycles. The van der Waals surface area contributed by atoms with E-state index in [1.165, 1.54) is 0 Å². The summed E-state index contributed by atoms with van der Waals surface area (Å²) < 4.78 is 0. The van der Waals surface area contributed by atoms with Crippen molar-refractivity contribution in [1.29, 1.82) is 0 Å². The summed E-state index contributed by atoms with van der Waals surface area (Å²) in [6.07, 6.45) is 6.61. The Morgan fingerprint density at radius 2 is 2.00 bits per heavy atom. The van der Waals surface area contributed by atoms with E-state index in [1.807, 2.05) is 26.1 Å². The normalized spacial score (nSPS) is 7.89. The van der Waals surface area contributed by atoms with Crippen molar-refractivity contribution in [2.75, 3.05) is 0 Å². The molecule has 0 aromatic rings. The molecule has 1 heteroatoms. The first-order valence-corrected chi connectivity index (χ1v) is 3.43. The van der Waals surface area contributed by atoms with Crippen LogP contribution >= 0.6 is 0 Å². The third-order valence-electron chi connectivity index (χ3n) is 0.568. The molecule has 0 aliphatic heterocycles. The zero-order valence-corrected chi connectivity index (χ0v) is 6.65. The molecule has 0 fully saturated rings. The Morgan fingerprint density at radius 3 is 2.33 bits per heavy atom. The zero-order valence-electron chi connectivity index (χ0n) is 6.65. The first-order chi connectivity index (χ1) is 4.41. The minimum atomic E-state index is 1.07. The van der Waals surface area contributed by atoms with Gasteiger partial charge in [0.1, 0.15) is 0 Å². The molecule has 0 atom stereocenters. The highest BCUT2D eigenvalue weighted by Gasteiger charge is 1.59. The first-order valence-electron chi connectivity index (χ1n) is 3.43. The summed E-state index contributed by atoms with van der Waals surface area (Å²) in [6, 6.07) is 0. The van der Waals surface area contributed by atoms with Gasteiger partial charge < -0.3 is 5.32 Å². The van der Waals surface area contributed by atoms with Crippen LogP contribution in [0.4, 0.5) is 0 Å². The van der Waals surface area contributed by atoms with Crippen LogP contribution in [-0.2, 0) is 0 Å². The molecule has 0 saturated heterocycles. The van der Waals surface area contributed by atoms with Gasteiger partial charge in [0.15, 0.2) is 0 Å². The third kappa shape index (κ3) is 18.9. The molecule has 0 aliphatic rings. The van der Waals surface area contributed by atoms with Gasteiger partial charge in [-0.25, -0.2) is 0 Å². The van der Waals surface area contributed by atoms with Crippen LogP contribution in [0.25, 0.3) is 0 Å². The predicted molar refractivity (Wildman–Crippen MR) is 44.1 cm³/mol. The minimum Gasteiger partial charge on any atom is -0.369 e. The second kappa shape index (κ2) is 15.7. The fourth-order valence-electron chi connectivity index (χ4n) is 0.254. The molecule has 0 amide bonds. The maximum atomic E-state index is 3.47. The van der Waals surface area contributed by atoms with Crippen LogP contribution in [0.3, 0.4) is 0 Å². The Hall–Kier alpha value is -0.720. The van der Waals surface area contributed by atoms with Gasteiger partial charge in [-0.15, -0.1) is 0 Å². The van der Waals surface area contributed by atoms with Crippen molar-refractivity contribution in [3.63, 3.8) is 0 Å². The van der Waals surface area contributed by atoms with Gasteiger partial charge in [0.25, 0.3) is 0 Å². The number of hydrogen-bond donors (Lipinski definition) is 1. The second-order valence-electron chi connectivity index (χ2n) is 1.18. The van der Waals surface area contributed by atoms with Gasteiger partial charge in [-0.3, -0.25) is 0 Å². The number of allylic oxidation sites excluding steroid dienone is 1. The average molecular weight is 127 g/mol. The monoisotopic (exact) mass is 127 g/mol. The lowest BCUT2D eigenvalue weighted by molar-refractivity contribution is 1.14. The standard InChI is InChI=1S/C6H11N.C2H6/c1-3-5-6-7-4-2;1-2/h4-7H,2-3H2,1H3;1-2H3/b6-5-;. The fourth-order valence-corrected chi connectivity index (χ4v) is 0.254. The van der Waals surface area contributed by atoms with E-state index in [2.05, 4.69) is 18.8 Å². The van der Waals surface area contributed by atoms with Gasteiger partial charge in [-0.2, -0.15) is 0 Å². The maximum Gasteiger partial charge on any atom is -0.00360 e. The van der Waals surface area contributed by atoms with Crippen molar-refractivity contribution in [1.82, 2.24) is 5.32 Å². The molecule has 0 radical (unpaired) electrons. The molecule has 0 spiro atoms. The van der Waals surface area contributed by atoms with E-state index in [9.17, 15) is 0 Å². The molecule has 0 heterocycles. The van der Waals surface area contributed by atoms with E-state index in [0.717, 1.165) is 6.42 Å². The highest BCUT2D eigenvalue weighted by atomic mass is 14.8. The lowest BCUT2D eigenvalue weighted by Gasteiger charge is -1.81. The maximum absolute atomic E-state index is 3.47. The van der Waals surface area contributed by atoms with Crippen molar-refractivity contribution in [2.24, 2.45) is 0 Å². The number of nitrogens with one attached hydrogen (secondary N) is 1. The zero-order chi connectivity index (χ0) is 7.54. The van der Waals surface area contributed by atoms with Crippen molar-refractivity contribution < 1.29 is 0 Å². The average Bonchev–Trinajstić information content (AvgIpc) is 1.94. The highest BCUT2D eigenvalue weighted by molar-refractivity contribution is 4.82. The van der Waals surface area contributed by atoms with Gasteiger partial charge in [0, 0.05) is 0 Å². The Kier molecular flexibility index (Phi) is 19.4. The first kappa shape index (κ1) is 11.1. The number of hydrogen-bond acceptors (Lipinski definition) is 1. The van der Waals surface area contributed by atoms with Crippen molar-refractivity contribution in [3.05, 3.63) is 25.1 Å². The largest absolute Gasteiger partial charge is 0.369 e. The SMILES string of the molecule is C=CN/C=C\CC.CC. The third-order valence-corrected chi connectivity index (χ3v) is 0.568. The predicted octanol–water partition coefficient (Wildman–Crippen LogP) is 2.67. The molecule has 1 N–H and O–H groups in total. The van der Waals surface area contributed by atoms with Gasteiger partial charge in [0.05, 0.1) is 0 Å². The quantitative estimate of drug-likeness (QED) is 0.614. The van der Waals surface area contributed by atoms with Crippen LogP contribution in [-0.4, -0.2) is 0 Å². The minimum absolute atomic E-state index is 1.07. The van der Waals surface area contributed by atoms with Gasteiger partial charge in [-0.1, -0.05) is 33.4 Å². The summed E-state index contributed by atoms with van der Waals surface area (Å²) in [5.41, 5.74) is 0. The highest BCUT2D eigenvalue weighted by Crippen LogP contribution is 1.73. The summed E-state index contributed by atoms with van der Waals surface area (Å²) in [7, 11) is 0. The van der Waals surface area contributed by atoms with Crippen LogP contribution in [0.1, 0.15) is 27.2 Å². The topological polar surface area (TPSA) is 12.0 Å². The fraction of sp³-hybridized carbons (Fsp3) is 0.500. The van der Waals surface area contributed by atoms with Crippen molar-refractivity contribution >= 4 is 0 Å². The van der Waals surface area contributed by atoms with Gasteiger partial charge in [-0.05, 0) is 18.8 Å². The van der Waals surface area contributed by atoms with Crippen LogP contribution in [0, 0.1) is 0 Å². The summed E-state index contributed by atoms with van der Waals surface area (Å²) in [6.45, 7) is 9.55. The Labute approximate surface area is 58.5 Å². The van der Waals surface area contributed by atoms with E-state index in [0.29, 0.717) is 0 Å². The van der Waals surface area contributed by atoms with E-state index in [1.54, 1.807) is 6.20 Å². The van der Waals surface area contributed by atoms with E-state index < -0.39 is 0 Å². The Bertz CT molecular complexity index is 65.0. The van der Waals surface area contributed by atoms with E-state index >= 15 is 0 Å². The molecule has 1 nitrogen and oxygen atoms in total. The molecule has 0 aromatic heterocycles. The molecule has 0 aliphatic carbocycles. The Morgan fingerprint density at radius 1 is 1.44 bits per heavy atom. The van der Waals surface area contributed by atoms with E-state index in [4.69, 9.17) is 0 Å². The molecule has 54 valence electrons. The van der Waals surface area contributed by atoms with Crippen LogP contribution in [0.5, 0.6) is 0 Å². The smallest absolute Gasteiger partial charge is 0.00360 e. The molecular formula is C8H17N. The molecule has 0 rings (SSSR count). The summed E-state index contributed by atoms with van der Waals surface area (Å²) >= 11 is 0. The molecule has 0 saturated carbocycles. The summed E-state index contributed by atoms with van der Waals surface area (Å²) in [4.78, 5) is 0. The lowest BCUT2D eigenvalue weighted by Crippen LogP contribution is -1.87. The van der Waals surface area contributed by atoms with Gasteiger partial charge >= 0.3 is 0 Å². The second-order valence-corrected chi connectivity index (χ2v) is 1.18. The molecule has 9 heavy (non-hydrogen) atoms. The van der Waals surface area contributed by atoms with Crippen LogP contribution in [0.15, 0.2) is 25.1 Å². The molecule has 0 unspecified atom stereocenters. The van der Waals surface area contributed by atoms with E-state index in [-0.39, 0.29) is 0 Å². The van der Waals surface area contributed by atoms with Crippen molar-refractivity contribution in [2.45, 2.75) is 27.2 Å². The van der Waals surface area contributed by atoms with Crippen LogP contribution in [0.2, 0.25) is 0 Å². The van der Waals surface area contributed by atoms with Crippen molar-refractivity contribution in [3.8, 4) is 0 Å². The molecule has 0 bridgehead atoms. The summed E-state index contributed by atoms with van der Waals surface area (Å²) in [5.74, 6) is 0. The number of rotatable bonds is 3. The molecular weight excluding hydrogens is 110 g/mol. The van der Waals surface area contributed by atoms with Gasteiger partial charge in [0.2, 0.25) is 0 Å². The Balaban J connectivity index is 0. The lowest BCUT2D eigenvalue weighted by atomic mass is 10.5. The van der Waals surface area contributed by atoms with Crippen LogP contribution < -0.4 is 5.32 Å².